The Morgan fingerprint density at radius 3 is 2.68 bits per heavy atom. The number of benzene rings is 2. The van der Waals surface area contributed by atoms with Gasteiger partial charge >= 0.3 is 0 Å². The lowest BCUT2D eigenvalue weighted by Crippen LogP contribution is -2.30. The summed E-state index contributed by atoms with van der Waals surface area (Å²) < 4.78 is 0. The third-order valence-electron chi connectivity index (χ3n) is 4.75. The molecule has 1 aliphatic rings. The lowest BCUT2D eigenvalue weighted by molar-refractivity contribution is -0.128. The average molecular weight is 336 g/mol. The number of hydrogen-bond donors (Lipinski definition) is 1. The summed E-state index contributed by atoms with van der Waals surface area (Å²) in [5.74, 6) is -0.274. The third-order valence-corrected chi connectivity index (χ3v) is 4.75. The summed E-state index contributed by atoms with van der Waals surface area (Å²) in [6.45, 7) is 5.14. The number of carbonyl (C=O) groups excluding carboxylic acids is 2. The van der Waals surface area contributed by atoms with E-state index < -0.39 is 0 Å². The molecule has 2 amide bonds. The van der Waals surface area contributed by atoms with Crippen molar-refractivity contribution in [3.8, 4) is 0 Å². The fourth-order valence-corrected chi connectivity index (χ4v) is 3.18. The summed E-state index contributed by atoms with van der Waals surface area (Å²) in [7, 11) is 0. The van der Waals surface area contributed by atoms with Crippen LogP contribution in [0.15, 0.2) is 48.5 Å². The predicted molar refractivity (Wildman–Crippen MR) is 99.4 cm³/mol. The second-order valence-corrected chi connectivity index (χ2v) is 6.78. The van der Waals surface area contributed by atoms with Gasteiger partial charge in [-0.05, 0) is 43.0 Å². The minimum atomic E-state index is -0.275. The first kappa shape index (κ1) is 17.2. The van der Waals surface area contributed by atoms with E-state index in [1.807, 2.05) is 50.2 Å². The highest BCUT2D eigenvalue weighted by Crippen LogP contribution is 2.22. The van der Waals surface area contributed by atoms with Crippen LogP contribution in [0.5, 0.6) is 0 Å². The summed E-state index contributed by atoms with van der Waals surface area (Å²) in [6.07, 6.45) is 1.11. The zero-order valence-corrected chi connectivity index (χ0v) is 14.8. The SMILES string of the molecule is Cc1ccc(C)c(NC(=O)C2CC(=O)N(CCc3ccccc3)C2)c1. The number of aryl methyl sites for hydroxylation is 2. The van der Waals surface area contributed by atoms with Gasteiger partial charge in [-0.25, -0.2) is 0 Å². The highest BCUT2D eigenvalue weighted by Gasteiger charge is 2.34. The van der Waals surface area contributed by atoms with Crippen molar-refractivity contribution in [3.63, 3.8) is 0 Å². The largest absolute Gasteiger partial charge is 0.342 e. The van der Waals surface area contributed by atoms with Gasteiger partial charge in [0.2, 0.25) is 11.8 Å². The number of nitrogens with zero attached hydrogens (tertiary/aromatic N) is 1. The van der Waals surface area contributed by atoms with Crippen LogP contribution in [-0.4, -0.2) is 29.8 Å². The first-order valence-electron chi connectivity index (χ1n) is 8.73. The van der Waals surface area contributed by atoms with E-state index in [2.05, 4.69) is 17.4 Å². The van der Waals surface area contributed by atoms with Crippen LogP contribution < -0.4 is 5.32 Å². The lowest BCUT2D eigenvalue weighted by Gasteiger charge is -2.17. The van der Waals surface area contributed by atoms with Gasteiger partial charge in [0.1, 0.15) is 0 Å². The number of nitrogens with one attached hydrogen (secondary N) is 1. The predicted octanol–water partition coefficient (Wildman–Crippen LogP) is 3.33. The van der Waals surface area contributed by atoms with Crippen molar-refractivity contribution in [2.45, 2.75) is 26.7 Å². The van der Waals surface area contributed by atoms with E-state index in [0.29, 0.717) is 19.5 Å². The molecule has 0 aromatic heterocycles. The molecule has 0 bridgehead atoms. The zero-order valence-electron chi connectivity index (χ0n) is 14.8. The van der Waals surface area contributed by atoms with Crippen LogP contribution >= 0.6 is 0 Å². The molecular formula is C21H24N2O2. The van der Waals surface area contributed by atoms with Crippen LogP contribution in [0.1, 0.15) is 23.1 Å². The van der Waals surface area contributed by atoms with Gasteiger partial charge < -0.3 is 10.2 Å². The second kappa shape index (κ2) is 7.51. The maximum absolute atomic E-state index is 12.6. The summed E-state index contributed by atoms with van der Waals surface area (Å²) in [5, 5.41) is 2.99. The van der Waals surface area contributed by atoms with Gasteiger partial charge in [0.15, 0.2) is 0 Å². The van der Waals surface area contributed by atoms with Crippen LogP contribution in [0.25, 0.3) is 0 Å². The topological polar surface area (TPSA) is 49.4 Å². The van der Waals surface area contributed by atoms with E-state index in [9.17, 15) is 9.59 Å². The lowest BCUT2D eigenvalue weighted by atomic mass is 10.1. The Kier molecular flexibility index (Phi) is 5.17. The number of amides is 2. The molecule has 0 spiro atoms. The maximum atomic E-state index is 12.6. The molecule has 4 heteroatoms. The minimum absolute atomic E-state index is 0.0655. The molecule has 1 N–H and O–H groups in total. The van der Waals surface area contributed by atoms with Crippen LogP contribution in [0.2, 0.25) is 0 Å². The second-order valence-electron chi connectivity index (χ2n) is 6.78. The Bertz CT molecular complexity index is 771. The maximum Gasteiger partial charge on any atom is 0.229 e. The molecule has 1 atom stereocenters. The van der Waals surface area contributed by atoms with Crippen molar-refractivity contribution >= 4 is 17.5 Å². The van der Waals surface area contributed by atoms with Gasteiger partial charge in [-0.1, -0.05) is 42.5 Å². The van der Waals surface area contributed by atoms with E-state index in [1.165, 1.54) is 5.56 Å². The van der Waals surface area contributed by atoms with Crippen molar-refractivity contribution in [1.82, 2.24) is 4.90 Å². The summed E-state index contributed by atoms with van der Waals surface area (Å²) in [6, 6.07) is 16.1. The molecule has 1 saturated heterocycles. The molecular weight excluding hydrogens is 312 g/mol. The van der Waals surface area contributed by atoms with E-state index in [1.54, 1.807) is 4.90 Å². The van der Waals surface area contributed by atoms with Gasteiger partial charge in [0, 0.05) is 25.2 Å². The van der Waals surface area contributed by atoms with Gasteiger partial charge in [-0.15, -0.1) is 0 Å². The molecule has 0 radical (unpaired) electrons. The third kappa shape index (κ3) is 4.27. The Hall–Kier alpha value is -2.62. The summed E-state index contributed by atoms with van der Waals surface area (Å²) in [4.78, 5) is 26.6. The van der Waals surface area contributed by atoms with Crippen LogP contribution in [0, 0.1) is 19.8 Å². The molecule has 1 aliphatic heterocycles. The van der Waals surface area contributed by atoms with Crippen molar-refractivity contribution < 1.29 is 9.59 Å². The number of likely N-dealkylation sites (tertiary alicyclic amines) is 1. The molecule has 0 aliphatic carbocycles. The Balaban J connectivity index is 1.58. The number of anilines is 1. The molecule has 4 nitrogen and oxygen atoms in total. The smallest absolute Gasteiger partial charge is 0.229 e. The van der Waals surface area contributed by atoms with Gasteiger partial charge in [0.05, 0.1) is 5.92 Å². The molecule has 2 aromatic rings. The quantitative estimate of drug-likeness (QED) is 0.910. The molecule has 25 heavy (non-hydrogen) atoms. The molecule has 1 heterocycles. The molecule has 0 saturated carbocycles. The summed E-state index contributed by atoms with van der Waals surface area (Å²) in [5.41, 5.74) is 4.18. The van der Waals surface area contributed by atoms with Crippen molar-refractivity contribution in [1.29, 1.82) is 0 Å². The first-order chi connectivity index (χ1) is 12.0. The highest BCUT2D eigenvalue weighted by atomic mass is 16.2. The van der Waals surface area contributed by atoms with Crippen LogP contribution in [-0.2, 0) is 16.0 Å². The fraction of sp³-hybridized carbons (Fsp3) is 0.333. The average Bonchev–Trinajstić information content (AvgIpc) is 2.98. The Morgan fingerprint density at radius 1 is 1.16 bits per heavy atom. The van der Waals surface area contributed by atoms with Crippen LogP contribution in [0.3, 0.4) is 0 Å². The highest BCUT2D eigenvalue weighted by molar-refractivity contribution is 5.97. The van der Waals surface area contributed by atoms with E-state index in [0.717, 1.165) is 23.2 Å². The van der Waals surface area contributed by atoms with E-state index in [-0.39, 0.29) is 17.7 Å². The standard InChI is InChI=1S/C21H24N2O2/c1-15-8-9-16(2)19(12-15)22-21(25)18-13-20(24)23(14-18)11-10-17-6-4-3-5-7-17/h3-9,12,18H,10-11,13-14H2,1-2H3,(H,22,25). The fourth-order valence-electron chi connectivity index (χ4n) is 3.18. The van der Waals surface area contributed by atoms with Crippen LogP contribution in [0.4, 0.5) is 5.69 Å². The molecule has 2 aromatic carbocycles. The van der Waals surface area contributed by atoms with Crippen molar-refractivity contribution in [3.05, 3.63) is 65.2 Å². The molecule has 1 unspecified atom stereocenters. The van der Waals surface area contributed by atoms with Gasteiger partial charge in [0.25, 0.3) is 0 Å². The number of hydrogen-bond acceptors (Lipinski definition) is 2. The van der Waals surface area contributed by atoms with Crippen molar-refractivity contribution in [2.75, 3.05) is 18.4 Å². The Morgan fingerprint density at radius 2 is 1.92 bits per heavy atom. The van der Waals surface area contributed by atoms with Gasteiger partial charge in [-0.2, -0.15) is 0 Å². The Labute approximate surface area is 148 Å². The van der Waals surface area contributed by atoms with E-state index >= 15 is 0 Å². The first-order valence-corrected chi connectivity index (χ1v) is 8.73. The van der Waals surface area contributed by atoms with Gasteiger partial charge in [-0.3, -0.25) is 9.59 Å². The molecule has 3 rings (SSSR count). The summed E-state index contributed by atoms with van der Waals surface area (Å²) >= 11 is 0. The number of carbonyl (C=O) groups is 2. The monoisotopic (exact) mass is 336 g/mol. The van der Waals surface area contributed by atoms with E-state index in [4.69, 9.17) is 0 Å². The molecule has 1 fully saturated rings. The molecule has 130 valence electrons. The zero-order chi connectivity index (χ0) is 17.8. The minimum Gasteiger partial charge on any atom is -0.342 e. The number of rotatable bonds is 5. The van der Waals surface area contributed by atoms with Crippen molar-refractivity contribution in [2.24, 2.45) is 5.92 Å². The normalized spacial score (nSPS) is 17.0.